The highest BCUT2D eigenvalue weighted by atomic mass is 16.3. The molecule has 0 saturated carbocycles. The van der Waals surface area contributed by atoms with Gasteiger partial charge in [0.1, 0.15) is 0 Å². The lowest BCUT2D eigenvalue weighted by molar-refractivity contribution is 0.0881. The SMILES string of the molecule is CC(C)(C)NC(=O)c1occc1C(=O)c1ccccc1. The van der Waals surface area contributed by atoms with E-state index < -0.39 is 5.54 Å². The van der Waals surface area contributed by atoms with Crippen LogP contribution in [0.15, 0.2) is 47.1 Å². The van der Waals surface area contributed by atoms with Crippen LogP contribution in [-0.2, 0) is 0 Å². The van der Waals surface area contributed by atoms with Crippen LogP contribution in [0.4, 0.5) is 0 Å². The van der Waals surface area contributed by atoms with Crippen LogP contribution < -0.4 is 5.32 Å². The second-order valence-corrected chi connectivity index (χ2v) is 5.56. The first-order valence-electron chi connectivity index (χ1n) is 6.38. The van der Waals surface area contributed by atoms with Crippen molar-refractivity contribution < 1.29 is 14.0 Å². The largest absolute Gasteiger partial charge is 0.458 e. The predicted octanol–water partition coefficient (Wildman–Crippen LogP) is 3.04. The summed E-state index contributed by atoms with van der Waals surface area (Å²) in [7, 11) is 0. The van der Waals surface area contributed by atoms with Crippen molar-refractivity contribution in [3.05, 3.63) is 59.5 Å². The van der Waals surface area contributed by atoms with Gasteiger partial charge in [-0.05, 0) is 26.8 Å². The average molecular weight is 271 g/mol. The molecule has 0 atom stereocenters. The molecule has 20 heavy (non-hydrogen) atoms. The molecule has 0 bridgehead atoms. The summed E-state index contributed by atoms with van der Waals surface area (Å²) in [6.45, 7) is 5.60. The summed E-state index contributed by atoms with van der Waals surface area (Å²) in [6, 6.07) is 10.3. The Labute approximate surface area is 117 Å². The third kappa shape index (κ3) is 3.15. The van der Waals surface area contributed by atoms with Gasteiger partial charge in [-0.2, -0.15) is 0 Å². The molecule has 0 aliphatic rings. The van der Waals surface area contributed by atoms with Crippen LogP contribution in [0.25, 0.3) is 0 Å². The Hall–Kier alpha value is -2.36. The number of hydrogen-bond donors (Lipinski definition) is 1. The van der Waals surface area contributed by atoms with Gasteiger partial charge in [0, 0.05) is 11.1 Å². The van der Waals surface area contributed by atoms with E-state index >= 15 is 0 Å². The van der Waals surface area contributed by atoms with Gasteiger partial charge in [-0.1, -0.05) is 30.3 Å². The number of carbonyl (C=O) groups excluding carboxylic acids is 2. The van der Waals surface area contributed by atoms with Crippen LogP contribution in [-0.4, -0.2) is 17.2 Å². The normalized spacial score (nSPS) is 11.2. The summed E-state index contributed by atoms with van der Waals surface area (Å²) < 4.78 is 5.18. The minimum atomic E-state index is -0.392. The Morgan fingerprint density at radius 1 is 1.05 bits per heavy atom. The first-order chi connectivity index (χ1) is 9.38. The Kier molecular flexibility index (Phi) is 3.74. The van der Waals surface area contributed by atoms with Crippen molar-refractivity contribution in [1.29, 1.82) is 0 Å². The monoisotopic (exact) mass is 271 g/mol. The Morgan fingerprint density at radius 2 is 1.70 bits per heavy atom. The van der Waals surface area contributed by atoms with Gasteiger partial charge >= 0.3 is 0 Å². The van der Waals surface area contributed by atoms with E-state index in [1.165, 1.54) is 12.3 Å². The van der Waals surface area contributed by atoms with Crippen molar-refractivity contribution in [3.63, 3.8) is 0 Å². The molecule has 1 N–H and O–H groups in total. The number of hydrogen-bond acceptors (Lipinski definition) is 3. The first kappa shape index (κ1) is 14.1. The van der Waals surface area contributed by atoms with E-state index in [4.69, 9.17) is 4.42 Å². The average Bonchev–Trinajstić information content (AvgIpc) is 2.86. The summed E-state index contributed by atoms with van der Waals surface area (Å²) in [5.74, 6) is -0.561. The zero-order valence-electron chi connectivity index (χ0n) is 11.8. The zero-order chi connectivity index (χ0) is 14.8. The first-order valence-corrected chi connectivity index (χ1v) is 6.38. The van der Waals surface area contributed by atoms with Crippen LogP contribution in [0.3, 0.4) is 0 Å². The zero-order valence-corrected chi connectivity index (χ0v) is 11.8. The Bertz CT molecular complexity index is 621. The van der Waals surface area contributed by atoms with E-state index in [1.807, 2.05) is 26.8 Å². The molecular formula is C16H17NO3. The summed E-state index contributed by atoms with van der Waals surface area (Å²) >= 11 is 0. The lowest BCUT2D eigenvalue weighted by Crippen LogP contribution is -2.40. The second-order valence-electron chi connectivity index (χ2n) is 5.56. The Morgan fingerprint density at radius 3 is 2.30 bits per heavy atom. The topological polar surface area (TPSA) is 59.3 Å². The molecule has 0 saturated heterocycles. The molecule has 4 heteroatoms. The highest BCUT2D eigenvalue weighted by molar-refractivity contribution is 6.14. The fourth-order valence-corrected chi connectivity index (χ4v) is 1.81. The molecule has 0 unspecified atom stereocenters. The van der Waals surface area contributed by atoms with E-state index in [-0.39, 0.29) is 23.0 Å². The van der Waals surface area contributed by atoms with E-state index in [0.717, 1.165) is 0 Å². The summed E-state index contributed by atoms with van der Waals surface area (Å²) in [5.41, 5.74) is 0.411. The van der Waals surface area contributed by atoms with E-state index in [1.54, 1.807) is 24.3 Å². The highest BCUT2D eigenvalue weighted by Crippen LogP contribution is 2.17. The lowest BCUT2D eigenvalue weighted by atomic mass is 10.0. The number of rotatable bonds is 3. The number of ketones is 1. The predicted molar refractivity (Wildman–Crippen MR) is 75.8 cm³/mol. The van der Waals surface area contributed by atoms with Crippen LogP contribution in [0.2, 0.25) is 0 Å². The van der Waals surface area contributed by atoms with Crippen molar-refractivity contribution in [1.82, 2.24) is 5.32 Å². The Balaban J connectivity index is 2.30. The fourth-order valence-electron chi connectivity index (χ4n) is 1.81. The standard InChI is InChI=1S/C16H17NO3/c1-16(2,3)17-15(19)14-12(9-10-20-14)13(18)11-7-5-4-6-8-11/h4-10H,1-3H3,(H,17,19). The van der Waals surface area contributed by atoms with Gasteiger partial charge in [0.2, 0.25) is 5.76 Å². The van der Waals surface area contributed by atoms with Crippen LogP contribution in [0.1, 0.15) is 47.2 Å². The molecule has 104 valence electrons. The number of nitrogens with one attached hydrogen (secondary N) is 1. The van der Waals surface area contributed by atoms with Gasteiger partial charge in [-0.15, -0.1) is 0 Å². The van der Waals surface area contributed by atoms with Crippen molar-refractivity contribution in [2.45, 2.75) is 26.3 Å². The maximum absolute atomic E-state index is 12.4. The number of amides is 1. The van der Waals surface area contributed by atoms with Crippen molar-refractivity contribution in [2.24, 2.45) is 0 Å². The molecule has 1 heterocycles. The van der Waals surface area contributed by atoms with Crippen molar-refractivity contribution >= 4 is 11.7 Å². The van der Waals surface area contributed by atoms with Crippen LogP contribution in [0.5, 0.6) is 0 Å². The summed E-state index contributed by atoms with van der Waals surface area (Å²) in [4.78, 5) is 24.5. The molecule has 1 aromatic heterocycles. The van der Waals surface area contributed by atoms with Gasteiger partial charge in [0.05, 0.1) is 11.8 Å². The second kappa shape index (κ2) is 5.33. The fraction of sp³-hybridized carbons (Fsp3) is 0.250. The van der Waals surface area contributed by atoms with Crippen molar-refractivity contribution in [2.75, 3.05) is 0 Å². The maximum Gasteiger partial charge on any atom is 0.288 e. The third-order valence-electron chi connectivity index (χ3n) is 2.64. The molecule has 1 aromatic carbocycles. The number of carbonyl (C=O) groups is 2. The maximum atomic E-state index is 12.4. The van der Waals surface area contributed by atoms with E-state index in [9.17, 15) is 9.59 Å². The summed E-state index contributed by atoms with van der Waals surface area (Å²) in [6.07, 6.45) is 1.35. The third-order valence-corrected chi connectivity index (χ3v) is 2.64. The molecule has 2 rings (SSSR count). The van der Waals surface area contributed by atoms with Gasteiger partial charge in [-0.3, -0.25) is 9.59 Å². The molecular weight excluding hydrogens is 254 g/mol. The quantitative estimate of drug-likeness (QED) is 0.873. The molecule has 0 aliphatic carbocycles. The highest BCUT2D eigenvalue weighted by Gasteiger charge is 2.24. The molecule has 0 spiro atoms. The van der Waals surface area contributed by atoms with Gasteiger partial charge in [0.15, 0.2) is 5.78 Å². The van der Waals surface area contributed by atoms with Crippen molar-refractivity contribution in [3.8, 4) is 0 Å². The summed E-state index contributed by atoms with van der Waals surface area (Å²) in [5, 5.41) is 2.78. The van der Waals surface area contributed by atoms with Gasteiger partial charge in [0.25, 0.3) is 5.91 Å². The molecule has 0 radical (unpaired) electrons. The lowest BCUT2D eigenvalue weighted by Gasteiger charge is -2.19. The molecule has 2 aromatic rings. The van der Waals surface area contributed by atoms with Crippen LogP contribution >= 0.6 is 0 Å². The minimum Gasteiger partial charge on any atom is -0.458 e. The molecule has 0 aliphatic heterocycles. The molecule has 4 nitrogen and oxygen atoms in total. The van der Waals surface area contributed by atoms with E-state index in [0.29, 0.717) is 5.56 Å². The number of furan rings is 1. The number of benzene rings is 1. The smallest absolute Gasteiger partial charge is 0.288 e. The minimum absolute atomic E-state index is 0.0498. The van der Waals surface area contributed by atoms with E-state index in [2.05, 4.69) is 5.32 Å². The van der Waals surface area contributed by atoms with Crippen LogP contribution in [0, 0.1) is 0 Å². The molecule has 1 amide bonds. The van der Waals surface area contributed by atoms with Gasteiger partial charge in [-0.25, -0.2) is 0 Å². The molecule has 0 fully saturated rings. The van der Waals surface area contributed by atoms with Gasteiger partial charge < -0.3 is 9.73 Å².